The van der Waals surface area contributed by atoms with Crippen LogP contribution >= 0.6 is 11.3 Å². The van der Waals surface area contributed by atoms with E-state index >= 15 is 0 Å². The van der Waals surface area contributed by atoms with Crippen molar-refractivity contribution in [2.45, 2.75) is 38.8 Å². The van der Waals surface area contributed by atoms with Crippen LogP contribution in [-0.4, -0.2) is 43.0 Å². The predicted molar refractivity (Wildman–Crippen MR) is 143 cm³/mol. The summed E-state index contributed by atoms with van der Waals surface area (Å²) in [6, 6.07) is 13.7. The van der Waals surface area contributed by atoms with Crippen molar-refractivity contribution in [2.75, 3.05) is 21.3 Å². The first-order chi connectivity index (χ1) is 17.6. The van der Waals surface area contributed by atoms with Crippen LogP contribution in [-0.2, 0) is 21.5 Å². The van der Waals surface area contributed by atoms with Crippen LogP contribution in [0.5, 0.6) is 17.2 Å². The Kier molecular flexibility index (Phi) is 7.32. The molecule has 2 heterocycles. The van der Waals surface area contributed by atoms with Gasteiger partial charge in [0.25, 0.3) is 11.7 Å². The van der Waals surface area contributed by atoms with Crippen molar-refractivity contribution in [1.82, 2.24) is 4.90 Å². The second-order valence-corrected chi connectivity index (χ2v) is 10.8. The Morgan fingerprint density at radius 3 is 2.22 bits per heavy atom. The zero-order valence-electron chi connectivity index (χ0n) is 21.8. The van der Waals surface area contributed by atoms with Crippen molar-refractivity contribution >= 4 is 28.8 Å². The molecule has 1 atom stereocenters. The Bertz CT molecular complexity index is 1350. The molecule has 3 aromatic rings. The highest BCUT2D eigenvalue weighted by molar-refractivity contribution is 7.10. The largest absolute Gasteiger partial charge is 0.507 e. The van der Waals surface area contributed by atoms with Gasteiger partial charge in [0.05, 0.1) is 32.9 Å². The molecule has 7 nitrogen and oxygen atoms in total. The van der Waals surface area contributed by atoms with Gasteiger partial charge in [-0.1, -0.05) is 32.9 Å². The van der Waals surface area contributed by atoms with E-state index in [1.807, 2.05) is 50.4 Å². The monoisotopic (exact) mass is 521 g/mol. The molecule has 37 heavy (non-hydrogen) atoms. The van der Waals surface area contributed by atoms with Gasteiger partial charge >= 0.3 is 0 Å². The quantitative estimate of drug-likeness (QED) is 0.244. The van der Waals surface area contributed by atoms with E-state index in [-0.39, 0.29) is 23.3 Å². The highest BCUT2D eigenvalue weighted by Crippen LogP contribution is 2.43. The molecule has 0 spiro atoms. The number of hydrogen-bond acceptors (Lipinski definition) is 7. The van der Waals surface area contributed by atoms with Crippen molar-refractivity contribution in [1.29, 1.82) is 0 Å². The molecule has 8 heteroatoms. The maximum absolute atomic E-state index is 13.4. The normalized spacial score (nSPS) is 17.2. The molecule has 1 saturated heterocycles. The van der Waals surface area contributed by atoms with Crippen LogP contribution in [0.25, 0.3) is 5.76 Å². The highest BCUT2D eigenvalue weighted by atomic mass is 32.1. The number of likely N-dealkylation sites (tertiary alicyclic amines) is 1. The molecule has 1 fully saturated rings. The number of ether oxygens (including phenoxy) is 3. The summed E-state index contributed by atoms with van der Waals surface area (Å²) < 4.78 is 16.3. The van der Waals surface area contributed by atoms with Gasteiger partial charge in [-0.15, -0.1) is 11.3 Å². The SMILES string of the molecule is COc1ccc(CN2C(=O)C(=O)/C(=C(\O)c3ccc(OC)c(C(C)(C)C)c3)C2c2cccs2)cc1OC. The summed E-state index contributed by atoms with van der Waals surface area (Å²) in [6.45, 7) is 6.29. The number of rotatable bonds is 7. The van der Waals surface area contributed by atoms with E-state index in [0.29, 0.717) is 22.8 Å². The van der Waals surface area contributed by atoms with Crippen LogP contribution in [0.1, 0.15) is 48.4 Å². The summed E-state index contributed by atoms with van der Waals surface area (Å²) >= 11 is 1.43. The smallest absolute Gasteiger partial charge is 0.295 e. The van der Waals surface area contributed by atoms with Gasteiger partial charge < -0.3 is 24.2 Å². The molecule has 1 aliphatic heterocycles. The number of aliphatic hydroxyl groups is 1. The average molecular weight is 522 g/mol. The third kappa shape index (κ3) is 4.93. The second kappa shape index (κ2) is 10.3. The van der Waals surface area contributed by atoms with Gasteiger partial charge in [0.2, 0.25) is 0 Å². The maximum atomic E-state index is 13.4. The van der Waals surface area contributed by atoms with Crippen LogP contribution in [0, 0.1) is 0 Å². The van der Waals surface area contributed by atoms with Crippen molar-refractivity contribution in [2.24, 2.45) is 0 Å². The second-order valence-electron chi connectivity index (χ2n) is 9.80. The molecule has 0 saturated carbocycles. The first-order valence-electron chi connectivity index (χ1n) is 11.8. The molecule has 1 unspecified atom stereocenters. The number of methoxy groups -OCH3 is 3. The van der Waals surface area contributed by atoms with E-state index < -0.39 is 17.7 Å². The topological polar surface area (TPSA) is 85.3 Å². The van der Waals surface area contributed by atoms with Gasteiger partial charge in [-0.2, -0.15) is 0 Å². The molecule has 2 aromatic carbocycles. The highest BCUT2D eigenvalue weighted by Gasteiger charge is 2.46. The molecule has 0 radical (unpaired) electrons. The fraction of sp³-hybridized carbons (Fsp3) is 0.310. The van der Waals surface area contributed by atoms with E-state index in [4.69, 9.17) is 14.2 Å². The number of Topliss-reactive ketones (excluding diaryl/α,β-unsaturated/α-hetero) is 1. The number of carbonyl (C=O) groups excluding carboxylic acids is 2. The van der Waals surface area contributed by atoms with E-state index in [2.05, 4.69) is 0 Å². The number of amides is 1. The van der Waals surface area contributed by atoms with Gasteiger partial charge in [0, 0.05) is 22.5 Å². The van der Waals surface area contributed by atoms with Crippen molar-refractivity contribution in [3.05, 3.63) is 81.1 Å². The molecule has 1 amide bonds. The van der Waals surface area contributed by atoms with Crippen LogP contribution in [0.15, 0.2) is 59.5 Å². The maximum Gasteiger partial charge on any atom is 0.295 e. The minimum atomic E-state index is -0.728. The number of nitrogens with zero attached hydrogens (tertiary/aromatic N) is 1. The molecule has 0 bridgehead atoms. The fourth-order valence-electron chi connectivity index (χ4n) is 4.56. The van der Waals surface area contributed by atoms with Crippen LogP contribution in [0.4, 0.5) is 0 Å². The Labute approximate surface area is 220 Å². The molecule has 194 valence electrons. The molecule has 1 N–H and O–H groups in total. The van der Waals surface area contributed by atoms with Crippen LogP contribution in [0.3, 0.4) is 0 Å². The summed E-state index contributed by atoms with van der Waals surface area (Å²) in [6.07, 6.45) is 0. The number of carbonyl (C=O) groups is 2. The van der Waals surface area contributed by atoms with E-state index in [1.165, 1.54) is 16.2 Å². The number of hydrogen-bond donors (Lipinski definition) is 1. The molecule has 4 rings (SSSR count). The molecular weight excluding hydrogens is 490 g/mol. The molecular formula is C29H31NO6S. The standard InChI is InChI=1S/C29H31NO6S/c1-29(2,3)19-15-18(10-12-20(19)34-4)26(31)24-25(23-8-7-13-37-23)30(28(33)27(24)32)16-17-9-11-21(35-5)22(14-17)36-6/h7-15,25,31H,16H2,1-6H3/b26-24-. The summed E-state index contributed by atoms with van der Waals surface area (Å²) in [5.74, 6) is 0.186. The van der Waals surface area contributed by atoms with Gasteiger partial charge in [0.15, 0.2) is 11.5 Å². The number of benzene rings is 2. The Morgan fingerprint density at radius 1 is 0.946 bits per heavy atom. The van der Waals surface area contributed by atoms with Gasteiger partial charge in [-0.05, 0) is 52.8 Å². The summed E-state index contributed by atoms with van der Waals surface area (Å²) in [7, 11) is 4.69. The number of ketones is 1. The lowest BCUT2D eigenvalue weighted by molar-refractivity contribution is -0.140. The lowest BCUT2D eigenvalue weighted by Crippen LogP contribution is -2.28. The van der Waals surface area contributed by atoms with Gasteiger partial charge in [0.1, 0.15) is 11.5 Å². The first-order valence-corrected chi connectivity index (χ1v) is 12.7. The molecule has 1 aliphatic rings. The summed E-state index contributed by atoms with van der Waals surface area (Å²) in [4.78, 5) is 29.0. The Balaban J connectivity index is 1.83. The fourth-order valence-corrected chi connectivity index (χ4v) is 5.40. The number of thiophene rings is 1. The van der Waals surface area contributed by atoms with E-state index in [0.717, 1.165) is 16.0 Å². The molecule has 0 aliphatic carbocycles. The zero-order valence-corrected chi connectivity index (χ0v) is 22.6. The summed E-state index contributed by atoms with van der Waals surface area (Å²) in [5.41, 5.74) is 1.90. The minimum Gasteiger partial charge on any atom is -0.507 e. The first kappa shape index (κ1) is 26.3. The zero-order chi connectivity index (χ0) is 26.9. The third-order valence-electron chi connectivity index (χ3n) is 6.43. The van der Waals surface area contributed by atoms with Crippen molar-refractivity contribution in [3.63, 3.8) is 0 Å². The van der Waals surface area contributed by atoms with Crippen LogP contribution in [0.2, 0.25) is 0 Å². The minimum absolute atomic E-state index is 0.0675. The van der Waals surface area contributed by atoms with E-state index in [1.54, 1.807) is 45.6 Å². The van der Waals surface area contributed by atoms with Crippen LogP contribution < -0.4 is 14.2 Å². The number of aliphatic hydroxyl groups excluding tert-OH is 1. The van der Waals surface area contributed by atoms with Gasteiger partial charge in [-0.3, -0.25) is 9.59 Å². The Morgan fingerprint density at radius 2 is 1.62 bits per heavy atom. The Hall–Kier alpha value is -3.78. The third-order valence-corrected chi connectivity index (χ3v) is 7.36. The lowest BCUT2D eigenvalue weighted by Gasteiger charge is -2.25. The summed E-state index contributed by atoms with van der Waals surface area (Å²) in [5, 5.41) is 13.4. The van der Waals surface area contributed by atoms with Crippen molar-refractivity contribution in [3.8, 4) is 17.2 Å². The van der Waals surface area contributed by atoms with E-state index in [9.17, 15) is 14.7 Å². The predicted octanol–water partition coefficient (Wildman–Crippen LogP) is 5.69. The lowest BCUT2D eigenvalue weighted by atomic mass is 9.84. The van der Waals surface area contributed by atoms with Gasteiger partial charge in [-0.25, -0.2) is 0 Å². The van der Waals surface area contributed by atoms with Crippen molar-refractivity contribution < 1.29 is 28.9 Å². The average Bonchev–Trinajstić information content (AvgIpc) is 3.50. The molecule has 1 aromatic heterocycles.